The third kappa shape index (κ3) is 1.92. The Hall–Kier alpha value is -1.62. The number of nitrogens with zero attached hydrogens (tertiary/aromatic N) is 2. The predicted molar refractivity (Wildman–Crippen MR) is 54.1 cm³/mol. The van der Waals surface area contributed by atoms with Crippen molar-refractivity contribution in [2.24, 2.45) is 0 Å². The van der Waals surface area contributed by atoms with E-state index < -0.39 is 0 Å². The lowest BCUT2D eigenvalue weighted by molar-refractivity contribution is 0.484. The molecule has 2 heterocycles. The van der Waals surface area contributed by atoms with E-state index >= 15 is 0 Å². The van der Waals surface area contributed by atoms with Crippen molar-refractivity contribution in [3.05, 3.63) is 24.0 Å². The van der Waals surface area contributed by atoms with Crippen LogP contribution in [0.3, 0.4) is 0 Å². The van der Waals surface area contributed by atoms with Crippen molar-refractivity contribution in [1.29, 1.82) is 0 Å². The molecule has 5 nitrogen and oxygen atoms in total. The highest BCUT2D eigenvalue weighted by Crippen LogP contribution is 2.23. The van der Waals surface area contributed by atoms with Crippen LogP contribution in [-0.4, -0.2) is 17.2 Å². The predicted octanol–water partition coefficient (Wildman–Crippen LogP) is 1.61. The second-order valence-corrected chi connectivity index (χ2v) is 3.14. The summed E-state index contributed by atoms with van der Waals surface area (Å²) in [4.78, 5) is 0. The van der Waals surface area contributed by atoms with Gasteiger partial charge in [0, 0.05) is 6.42 Å². The zero-order chi connectivity index (χ0) is 10.7. The Morgan fingerprint density at radius 3 is 3.00 bits per heavy atom. The monoisotopic (exact) mass is 207 g/mol. The summed E-state index contributed by atoms with van der Waals surface area (Å²) < 4.78 is 10.8. The largest absolute Gasteiger partial charge is 0.469 e. The van der Waals surface area contributed by atoms with E-state index in [0.29, 0.717) is 18.3 Å². The van der Waals surface area contributed by atoms with Crippen molar-refractivity contribution >= 4 is 0 Å². The number of aryl methyl sites for hydroxylation is 1. The number of hydrogen-bond donors (Lipinski definition) is 1. The SMILES string of the molecule is CCc1occc1-c1nnc(CNC)o1. The van der Waals surface area contributed by atoms with Crippen molar-refractivity contribution in [3.63, 3.8) is 0 Å². The van der Waals surface area contributed by atoms with Gasteiger partial charge in [0.15, 0.2) is 0 Å². The lowest BCUT2D eigenvalue weighted by atomic mass is 10.2. The average molecular weight is 207 g/mol. The van der Waals surface area contributed by atoms with E-state index in [0.717, 1.165) is 17.7 Å². The molecule has 0 spiro atoms. The molecule has 5 heteroatoms. The standard InChI is InChI=1S/C10H13N3O2/c1-3-8-7(4-5-14-8)10-13-12-9(15-10)6-11-2/h4-5,11H,3,6H2,1-2H3. The fraction of sp³-hybridized carbons (Fsp3) is 0.400. The number of furan rings is 1. The zero-order valence-corrected chi connectivity index (χ0v) is 8.78. The maximum atomic E-state index is 5.47. The molecule has 0 saturated carbocycles. The van der Waals surface area contributed by atoms with Crippen molar-refractivity contribution in [1.82, 2.24) is 15.5 Å². The van der Waals surface area contributed by atoms with E-state index in [4.69, 9.17) is 8.83 Å². The Labute approximate surface area is 87.5 Å². The first-order valence-corrected chi connectivity index (χ1v) is 4.89. The average Bonchev–Trinajstić information content (AvgIpc) is 2.84. The number of rotatable bonds is 4. The van der Waals surface area contributed by atoms with E-state index in [1.807, 2.05) is 20.0 Å². The highest BCUT2D eigenvalue weighted by molar-refractivity contribution is 5.54. The van der Waals surface area contributed by atoms with Gasteiger partial charge in [-0.1, -0.05) is 6.92 Å². The molecular formula is C10H13N3O2. The van der Waals surface area contributed by atoms with Crippen LogP contribution in [0.15, 0.2) is 21.2 Å². The van der Waals surface area contributed by atoms with Gasteiger partial charge in [-0.25, -0.2) is 0 Å². The molecule has 2 rings (SSSR count). The van der Waals surface area contributed by atoms with Crippen LogP contribution in [0.2, 0.25) is 0 Å². The molecule has 0 aromatic carbocycles. The van der Waals surface area contributed by atoms with E-state index in [-0.39, 0.29) is 0 Å². The first-order valence-electron chi connectivity index (χ1n) is 4.89. The first-order chi connectivity index (χ1) is 7.35. The molecular weight excluding hydrogens is 194 g/mol. The molecule has 0 saturated heterocycles. The van der Waals surface area contributed by atoms with Gasteiger partial charge in [-0.15, -0.1) is 10.2 Å². The molecule has 15 heavy (non-hydrogen) atoms. The number of aromatic nitrogens is 2. The van der Waals surface area contributed by atoms with Crippen molar-refractivity contribution in [2.75, 3.05) is 7.05 Å². The van der Waals surface area contributed by atoms with E-state index in [1.54, 1.807) is 6.26 Å². The molecule has 80 valence electrons. The lowest BCUT2D eigenvalue weighted by Gasteiger charge is -1.93. The minimum absolute atomic E-state index is 0.519. The van der Waals surface area contributed by atoms with Crippen LogP contribution in [0.1, 0.15) is 18.6 Å². The van der Waals surface area contributed by atoms with Crippen LogP contribution in [0, 0.1) is 0 Å². The van der Waals surface area contributed by atoms with Crippen molar-refractivity contribution in [2.45, 2.75) is 19.9 Å². The third-order valence-electron chi connectivity index (χ3n) is 2.09. The Bertz CT molecular complexity index is 433. The molecule has 0 aliphatic carbocycles. The zero-order valence-electron chi connectivity index (χ0n) is 8.78. The van der Waals surface area contributed by atoms with Crippen molar-refractivity contribution in [3.8, 4) is 11.5 Å². The summed E-state index contributed by atoms with van der Waals surface area (Å²) in [6.45, 7) is 2.60. The summed E-state index contributed by atoms with van der Waals surface area (Å²) in [5, 5.41) is 10.8. The molecule has 2 aromatic heterocycles. The first kappa shape index (κ1) is 9.92. The molecule has 0 aliphatic rings. The lowest BCUT2D eigenvalue weighted by Crippen LogP contribution is -2.04. The Morgan fingerprint density at radius 2 is 2.27 bits per heavy atom. The second-order valence-electron chi connectivity index (χ2n) is 3.14. The van der Waals surface area contributed by atoms with E-state index in [9.17, 15) is 0 Å². The van der Waals surface area contributed by atoms with Gasteiger partial charge in [0.2, 0.25) is 5.89 Å². The molecule has 0 radical (unpaired) electrons. The summed E-state index contributed by atoms with van der Waals surface area (Å²) in [6.07, 6.45) is 2.45. The second kappa shape index (κ2) is 4.27. The van der Waals surface area contributed by atoms with Crippen LogP contribution >= 0.6 is 0 Å². The summed E-state index contributed by atoms with van der Waals surface area (Å²) in [7, 11) is 1.83. The molecule has 2 aromatic rings. The Morgan fingerprint density at radius 1 is 1.40 bits per heavy atom. The summed E-state index contributed by atoms with van der Waals surface area (Å²) in [5.74, 6) is 1.97. The van der Waals surface area contributed by atoms with Gasteiger partial charge >= 0.3 is 0 Å². The van der Waals surface area contributed by atoms with Crippen LogP contribution in [0.25, 0.3) is 11.5 Å². The summed E-state index contributed by atoms with van der Waals surface area (Å²) in [6, 6.07) is 1.84. The molecule has 0 atom stereocenters. The normalized spacial score (nSPS) is 10.8. The molecule has 0 unspecified atom stereocenters. The highest BCUT2D eigenvalue weighted by Gasteiger charge is 2.13. The summed E-state index contributed by atoms with van der Waals surface area (Å²) >= 11 is 0. The van der Waals surface area contributed by atoms with Gasteiger partial charge in [0.25, 0.3) is 5.89 Å². The Balaban J connectivity index is 2.28. The minimum Gasteiger partial charge on any atom is -0.469 e. The minimum atomic E-state index is 0.519. The van der Waals surface area contributed by atoms with Gasteiger partial charge in [-0.05, 0) is 13.1 Å². The smallest absolute Gasteiger partial charge is 0.251 e. The van der Waals surface area contributed by atoms with Crippen molar-refractivity contribution < 1.29 is 8.83 Å². The Kier molecular flexibility index (Phi) is 2.82. The number of nitrogens with one attached hydrogen (secondary N) is 1. The highest BCUT2D eigenvalue weighted by atomic mass is 16.4. The topological polar surface area (TPSA) is 64.1 Å². The molecule has 0 amide bonds. The maximum absolute atomic E-state index is 5.47. The molecule has 0 fully saturated rings. The van der Waals surface area contributed by atoms with Crippen LogP contribution in [-0.2, 0) is 13.0 Å². The van der Waals surface area contributed by atoms with Gasteiger partial charge in [-0.3, -0.25) is 0 Å². The van der Waals surface area contributed by atoms with Crippen LogP contribution in [0.4, 0.5) is 0 Å². The van der Waals surface area contributed by atoms with E-state index in [2.05, 4.69) is 15.5 Å². The molecule has 0 aliphatic heterocycles. The van der Waals surface area contributed by atoms with Gasteiger partial charge in [-0.2, -0.15) is 0 Å². The maximum Gasteiger partial charge on any atom is 0.251 e. The van der Waals surface area contributed by atoms with Crippen LogP contribution < -0.4 is 5.32 Å². The molecule has 0 bridgehead atoms. The number of hydrogen-bond acceptors (Lipinski definition) is 5. The van der Waals surface area contributed by atoms with Gasteiger partial charge in [0.1, 0.15) is 5.76 Å². The van der Waals surface area contributed by atoms with E-state index in [1.165, 1.54) is 0 Å². The van der Waals surface area contributed by atoms with Gasteiger partial charge < -0.3 is 14.2 Å². The van der Waals surface area contributed by atoms with Crippen LogP contribution in [0.5, 0.6) is 0 Å². The fourth-order valence-electron chi connectivity index (χ4n) is 1.39. The summed E-state index contributed by atoms with van der Waals surface area (Å²) in [5.41, 5.74) is 0.882. The molecule has 1 N–H and O–H groups in total. The van der Waals surface area contributed by atoms with Gasteiger partial charge in [0.05, 0.1) is 18.4 Å². The quantitative estimate of drug-likeness (QED) is 0.825. The fourth-order valence-corrected chi connectivity index (χ4v) is 1.39. The third-order valence-corrected chi connectivity index (χ3v) is 2.09.